The molecule has 1 fully saturated rings. The van der Waals surface area contributed by atoms with E-state index >= 15 is 0 Å². The van der Waals surface area contributed by atoms with Gasteiger partial charge in [0.15, 0.2) is 5.65 Å². The maximum absolute atomic E-state index is 12.1. The van der Waals surface area contributed by atoms with Crippen LogP contribution in [0.3, 0.4) is 0 Å². The standard InChI is InChI=1S/C24H33N5OS/c1-15(2)25-24(30)9-8-20-17(4)26-23-12-21(27-29(23)18(20)5)22-7-6-10-28(22)13-19-11-16(3)31-14-19/h11-12,14-15,22H,6-10,13H2,1-5H3,(H,25,30)/t22-/m0/s1. The van der Waals surface area contributed by atoms with Gasteiger partial charge in [0.1, 0.15) is 0 Å². The SMILES string of the molecule is Cc1cc(CN2CCC[C@H]2c2cc3nc(C)c(CCC(=O)NC(C)C)c(C)n3n2)cs1. The lowest BCUT2D eigenvalue weighted by atomic mass is 10.1. The zero-order valence-electron chi connectivity index (χ0n) is 19.2. The Morgan fingerprint density at radius 2 is 2.10 bits per heavy atom. The predicted molar refractivity (Wildman–Crippen MR) is 126 cm³/mol. The first-order chi connectivity index (χ1) is 14.8. The van der Waals surface area contributed by atoms with Crippen molar-refractivity contribution in [1.29, 1.82) is 0 Å². The van der Waals surface area contributed by atoms with Crippen molar-refractivity contribution in [3.05, 3.63) is 50.6 Å². The fraction of sp³-hybridized carbons (Fsp3) is 0.542. The second-order valence-corrected chi connectivity index (χ2v) is 10.1. The minimum Gasteiger partial charge on any atom is -0.354 e. The maximum Gasteiger partial charge on any atom is 0.220 e. The summed E-state index contributed by atoms with van der Waals surface area (Å²) in [6, 6.07) is 4.94. The molecule has 1 saturated heterocycles. The molecular weight excluding hydrogens is 406 g/mol. The normalized spacial score (nSPS) is 17.2. The number of rotatable bonds is 7. The molecule has 0 unspecified atom stereocenters. The van der Waals surface area contributed by atoms with Gasteiger partial charge in [0.2, 0.25) is 5.91 Å². The summed E-state index contributed by atoms with van der Waals surface area (Å²) in [6.07, 6.45) is 3.48. The van der Waals surface area contributed by atoms with Gasteiger partial charge in [-0.2, -0.15) is 5.10 Å². The number of nitrogens with zero attached hydrogens (tertiary/aromatic N) is 4. The van der Waals surface area contributed by atoms with E-state index in [9.17, 15) is 4.79 Å². The van der Waals surface area contributed by atoms with Crippen LogP contribution in [0.4, 0.5) is 0 Å². The minimum atomic E-state index is 0.0836. The van der Waals surface area contributed by atoms with Crippen LogP contribution in [0.5, 0.6) is 0 Å². The fourth-order valence-electron chi connectivity index (χ4n) is 4.67. The second kappa shape index (κ2) is 9.09. The van der Waals surface area contributed by atoms with E-state index in [-0.39, 0.29) is 11.9 Å². The lowest BCUT2D eigenvalue weighted by Crippen LogP contribution is -2.30. The minimum absolute atomic E-state index is 0.0836. The molecule has 0 saturated carbocycles. The average Bonchev–Trinajstić information content (AvgIpc) is 3.41. The summed E-state index contributed by atoms with van der Waals surface area (Å²) in [5.74, 6) is 0.0836. The largest absolute Gasteiger partial charge is 0.354 e. The number of likely N-dealkylation sites (tertiary alicyclic amines) is 1. The third-order valence-corrected chi connectivity index (χ3v) is 7.02. The van der Waals surface area contributed by atoms with Gasteiger partial charge < -0.3 is 5.32 Å². The molecule has 0 radical (unpaired) electrons. The van der Waals surface area contributed by atoms with E-state index in [0.717, 1.165) is 47.8 Å². The van der Waals surface area contributed by atoms with Crippen LogP contribution >= 0.6 is 11.3 Å². The summed E-state index contributed by atoms with van der Waals surface area (Å²) in [5.41, 5.74) is 6.60. The molecule has 0 aromatic carbocycles. The van der Waals surface area contributed by atoms with Crippen molar-refractivity contribution in [2.75, 3.05) is 6.54 Å². The summed E-state index contributed by atoms with van der Waals surface area (Å²) >= 11 is 1.82. The summed E-state index contributed by atoms with van der Waals surface area (Å²) < 4.78 is 1.98. The van der Waals surface area contributed by atoms with Crippen LogP contribution in [-0.2, 0) is 17.8 Å². The number of hydrogen-bond acceptors (Lipinski definition) is 5. The number of amides is 1. The lowest BCUT2D eigenvalue weighted by Gasteiger charge is -2.22. The van der Waals surface area contributed by atoms with E-state index in [0.29, 0.717) is 18.9 Å². The van der Waals surface area contributed by atoms with E-state index in [1.54, 1.807) is 0 Å². The number of nitrogens with one attached hydrogen (secondary N) is 1. The Hall–Kier alpha value is -2.25. The van der Waals surface area contributed by atoms with Gasteiger partial charge in [-0.25, -0.2) is 9.50 Å². The Bertz CT molecular complexity index is 1080. The molecular formula is C24H33N5OS. The summed E-state index contributed by atoms with van der Waals surface area (Å²) in [7, 11) is 0. The van der Waals surface area contributed by atoms with Crippen LogP contribution < -0.4 is 5.32 Å². The average molecular weight is 440 g/mol. The molecule has 6 nitrogen and oxygen atoms in total. The number of aromatic nitrogens is 3. The molecule has 3 aromatic heterocycles. The van der Waals surface area contributed by atoms with Gasteiger partial charge in [0, 0.05) is 41.3 Å². The maximum atomic E-state index is 12.1. The summed E-state index contributed by atoms with van der Waals surface area (Å²) in [5, 5.41) is 10.2. The van der Waals surface area contributed by atoms with Crippen LogP contribution in [0, 0.1) is 20.8 Å². The molecule has 4 heterocycles. The molecule has 1 N–H and O–H groups in total. The van der Waals surface area contributed by atoms with Crippen molar-refractivity contribution in [3.63, 3.8) is 0 Å². The number of hydrogen-bond donors (Lipinski definition) is 1. The lowest BCUT2D eigenvalue weighted by molar-refractivity contribution is -0.121. The molecule has 7 heteroatoms. The highest BCUT2D eigenvalue weighted by molar-refractivity contribution is 7.10. The van der Waals surface area contributed by atoms with Crippen molar-refractivity contribution in [3.8, 4) is 0 Å². The molecule has 31 heavy (non-hydrogen) atoms. The first-order valence-electron chi connectivity index (χ1n) is 11.2. The number of aryl methyl sites for hydroxylation is 3. The van der Waals surface area contributed by atoms with Gasteiger partial charge >= 0.3 is 0 Å². The van der Waals surface area contributed by atoms with Crippen molar-refractivity contribution in [2.45, 2.75) is 78.9 Å². The van der Waals surface area contributed by atoms with Gasteiger partial charge in [-0.15, -0.1) is 11.3 Å². The summed E-state index contributed by atoms with van der Waals surface area (Å²) in [4.78, 5) is 20.9. The van der Waals surface area contributed by atoms with Crippen molar-refractivity contribution >= 4 is 22.9 Å². The van der Waals surface area contributed by atoms with Gasteiger partial charge in [-0.05, 0) is 83.0 Å². The molecule has 1 atom stereocenters. The third kappa shape index (κ3) is 4.83. The van der Waals surface area contributed by atoms with Crippen LogP contribution in [0.15, 0.2) is 17.5 Å². The first-order valence-corrected chi connectivity index (χ1v) is 12.1. The van der Waals surface area contributed by atoms with Crippen molar-refractivity contribution < 1.29 is 4.79 Å². The number of carbonyl (C=O) groups excluding carboxylic acids is 1. The van der Waals surface area contributed by atoms with Gasteiger partial charge in [0.05, 0.1) is 11.7 Å². The Balaban J connectivity index is 1.56. The van der Waals surface area contributed by atoms with Gasteiger partial charge in [0.25, 0.3) is 0 Å². The van der Waals surface area contributed by atoms with Crippen LogP contribution in [-0.4, -0.2) is 38.0 Å². The molecule has 0 spiro atoms. The Morgan fingerprint density at radius 3 is 2.81 bits per heavy atom. The van der Waals surface area contributed by atoms with E-state index < -0.39 is 0 Å². The molecule has 0 aliphatic carbocycles. The highest BCUT2D eigenvalue weighted by atomic mass is 32.1. The zero-order valence-corrected chi connectivity index (χ0v) is 20.1. The zero-order chi connectivity index (χ0) is 22.1. The summed E-state index contributed by atoms with van der Waals surface area (Å²) in [6.45, 7) is 12.3. The Labute approximate surface area is 188 Å². The molecule has 166 valence electrons. The van der Waals surface area contributed by atoms with Crippen LogP contribution in [0.1, 0.15) is 72.2 Å². The first kappa shape index (κ1) is 22.0. The smallest absolute Gasteiger partial charge is 0.220 e. The molecule has 1 amide bonds. The second-order valence-electron chi connectivity index (χ2n) is 9.02. The molecule has 3 aromatic rings. The van der Waals surface area contributed by atoms with E-state index in [4.69, 9.17) is 10.1 Å². The van der Waals surface area contributed by atoms with Gasteiger partial charge in [-0.3, -0.25) is 9.69 Å². The van der Waals surface area contributed by atoms with E-state index in [1.807, 2.05) is 36.6 Å². The topological polar surface area (TPSA) is 62.5 Å². The highest BCUT2D eigenvalue weighted by Gasteiger charge is 2.29. The quantitative estimate of drug-likeness (QED) is 0.588. The molecule has 1 aliphatic heterocycles. The fourth-order valence-corrected chi connectivity index (χ4v) is 5.37. The van der Waals surface area contributed by atoms with E-state index in [1.165, 1.54) is 16.9 Å². The number of thiophene rings is 1. The monoisotopic (exact) mass is 439 g/mol. The molecule has 1 aliphatic rings. The Kier molecular flexibility index (Phi) is 6.44. The predicted octanol–water partition coefficient (Wildman–Crippen LogP) is 4.51. The van der Waals surface area contributed by atoms with E-state index in [2.05, 4.69) is 41.6 Å². The van der Waals surface area contributed by atoms with Crippen LogP contribution in [0.2, 0.25) is 0 Å². The number of fused-ring (bicyclic) bond motifs is 1. The van der Waals surface area contributed by atoms with Crippen molar-refractivity contribution in [2.24, 2.45) is 0 Å². The molecule has 4 rings (SSSR count). The van der Waals surface area contributed by atoms with Crippen molar-refractivity contribution in [1.82, 2.24) is 24.8 Å². The third-order valence-electron chi connectivity index (χ3n) is 6.11. The Morgan fingerprint density at radius 1 is 1.29 bits per heavy atom. The van der Waals surface area contributed by atoms with Crippen LogP contribution in [0.25, 0.3) is 5.65 Å². The molecule has 0 bridgehead atoms. The van der Waals surface area contributed by atoms with Gasteiger partial charge in [-0.1, -0.05) is 0 Å². The highest BCUT2D eigenvalue weighted by Crippen LogP contribution is 2.34. The number of carbonyl (C=O) groups is 1.